The van der Waals surface area contributed by atoms with E-state index < -0.39 is 21.5 Å². The molecule has 174 valence electrons. The van der Waals surface area contributed by atoms with Crippen molar-refractivity contribution >= 4 is 38.9 Å². The number of benzene rings is 2. The van der Waals surface area contributed by atoms with Gasteiger partial charge in [0.1, 0.15) is 5.60 Å². The summed E-state index contributed by atoms with van der Waals surface area (Å²) in [5.41, 5.74) is 7.45. The van der Waals surface area contributed by atoms with Gasteiger partial charge in [0.15, 0.2) is 9.84 Å². The van der Waals surface area contributed by atoms with Gasteiger partial charge in [0.25, 0.3) is 0 Å². The Kier molecular flexibility index (Phi) is 7.25. The van der Waals surface area contributed by atoms with Crippen LogP contribution in [0.5, 0.6) is 0 Å². The molecule has 3 N–H and O–H groups in total. The minimum absolute atomic E-state index is 0.0394. The molecular weight excluding hydrogens is 450 g/mol. The quantitative estimate of drug-likeness (QED) is 0.616. The average molecular weight is 480 g/mol. The molecule has 3 rings (SSSR count). The molecule has 0 unspecified atom stereocenters. The van der Waals surface area contributed by atoms with E-state index in [2.05, 4.69) is 10.2 Å². The van der Waals surface area contributed by atoms with E-state index in [9.17, 15) is 13.2 Å². The number of anilines is 2. The molecule has 32 heavy (non-hydrogen) atoms. The van der Waals surface area contributed by atoms with Crippen molar-refractivity contribution in [1.82, 2.24) is 5.32 Å². The molecule has 9 heteroatoms. The van der Waals surface area contributed by atoms with Crippen molar-refractivity contribution in [2.24, 2.45) is 0 Å². The molecule has 0 aliphatic carbocycles. The Morgan fingerprint density at radius 1 is 1.19 bits per heavy atom. The molecule has 1 aliphatic rings. The molecule has 0 bridgehead atoms. The number of sulfone groups is 1. The summed E-state index contributed by atoms with van der Waals surface area (Å²) < 4.78 is 31.0. The smallest absolute Gasteiger partial charge is 0.407 e. The molecule has 1 heterocycles. The van der Waals surface area contributed by atoms with Crippen molar-refractivity contribution < 1.29 is 17.9 Å². The Morgan fingerprint density at radius 2 is 1.88 bits per heavy atom. The summed E-state index contributed by atoms with van der Waals surface area (Å²) in [6.07, 6.45) is 1.12. The molecule has 0 spiro atoms. The van der Waals surface area contributed by atoms with Crippen LogP contribution >= 0.6 is 11.6 Å². The molecule has 1 aliphatic heterocycles. The van der Waals surface area contributed by atoms with Crippen LogP contribution in [0.4, 0.5) is 16.2 Å². The third-order valence-electron chi connectivity index (χ3n) is 5.21. The summed E-state index contributed by atoms with van der Waals surface area (Å²) >= 11 is 5.96. The number of halogens is 1. The highest BCUT2D eigenvalue weighted by Crippen LogP contribution is 2.28. The summed E-state index contributed by atoms with van der Waals surface area (Å²) in [6, 6.07) is 11.7. The van der Waals surface area contributed by atoms with Gasteiger partial charge in [-0.2, -0.15) is 0 Å². The second kappa shape index (κ2) is 9.58. The molecule has 7 nitrogen and oxygen atoms in total. The predicted molar refractivity (Wildman–Crippen MR) is 128 cm³/mol. The maximum atomic E-state index is 12.9. The van der Waals surface area contributed by atoms with Crippen molar-refractivity contribution in [3.8, 4) is 0 Å². The number of nitrogens with two attached hydrogens (primary N) is 1. The fraction of sp³-hybridized carbons (Fsp3) is 0.435. The topological polar surface area (TPSA) is 102 Å². The lowest BCUT2D eigenvalue weighted by atomic mass is 10.0. The van der Waals surface area contributed by atoms with E-state index in [1.807, 2.05) is 32.9 Å². The Balaban J connectivity index is 1.66. The highest BCUT2D eigenvalue weighted by molar-refractivity contribution is 7.90. The summed E-state index contributed by atoms with van der Waals surface area (Å²) in [7, 11) is -3.59. The molecule has 0 saturated carbocycles. The Morgan fingerprint density at radius 3 is 2.50 bits per heavy atom. The summed E-state index contributed by atoms with van der Waals surface area (Å²) in [5, 5.41) is 3.29. The van der Waals surface area contributed by atoms with E-state index >= 15 is 0 Å². The van der Waals surface area contributed by atoms with Gasteiger partial charge in [0, 0.05) is 35.5 Å². The lowest BCUT2D eigenvalue weighted by Crippen LogP contribution is -2.46. The number of amides is 1. The van der Waals surface area contributed by atoms with Crippen molar-refractivity contribution in [3.63, 3.8) is 0 Å². The number of hydrogen-bond acceptors (Lipinski definition) is 6. The molecule has 2 aromatic rings. The fourth-order valence-electron chi connectivity index (χ4n) is 3.62. The largest absolute Gasteiger partial charge is 0.444 e. The number of carbonyl (C=O) groups is 1. The van der Waals surface area contributed by atoms with Gasteiger partial charge in [0.2, 0.25) is 0 Å². The first-order valence-electron chi connectivity index (χ1n) is 10.5. The lowest BCUT2D eigenvalue weighted by molar-refractivity contribution is 0.0497. The first kappa shape index (κ1) is 24.2. The zero-order chi connectivity index (χ0) is 23.5. The second-order valence-corrected chi connectivity index (χ2v) is 11.4. The monoisotopic (exact) mass is 479 g/mol. The number of rotatable bonds is 5. The van der Waals surface area contributed by atoms with Crippen molar-refractivity contribution in [3.05, 3.63) is 53.1 Å². The van der Waals surface area contributed by atoms with Gasteiger partial charge in [0.05, 0.1) is 10.6 Å². The number of nitrogens with zero attached hydrogens (tertiary/aromatic N) is 1. The SMILES string of the molecule is CC(C)(C)OC(=O)NC1CCN(c2ccc(N)c(CS(=O)(=O)c3cccc(Cl)c3)c2)CC1. The van der Waals surface area contributed by atoms with Crippen LogP contribution < -0.4 is 16.0 Å². The van der Waals surface area contributed by atoms with E-state index in [0.717, 1.165) is 31.6 Å². The third kappa shape index (κ3) is 6.53. The van der Waals surface area contributed by atoms with Gasteiger partial charge in [-0.25, -0.2) is 13.2 Å². The molecular formula is C23H30ClN3O4S. The average Bonchev–Trinajstić information content (AvgIpc) is 2.69. The minimum atomic E-state index is -3.59. The highest BCUT2D eigenvalue weighted by Gasteiger charge is 2.24. The van der Waals surface area contributed by atoms with E-state index in [0.29, 0.717) is 16.3 Å². The first-order chi connectivity index (χ1) is 14.9. The molecule has 1 fully saturated rings. The first-order valence-corrected chi connectivity index (χ1v) is 12.6. The van der Waals surface area contributed by atoms with Crippen LogP contribution in [-0.4, -0.2) is 39.2 Å². The molecule has 0 radical (unpaired) electrons. The van der Waals surface area contributed by atoms with Crippen LogP contribution in [0.15, 0.2) is 47.4 Å². The fourth-order valence-corrected chi connectivity index (χ4v) is 5.29. The van der Waals surface area contributed by atoms with E-state index in [1.54, 1.807) is 18.2 Å². The standard InChI is InChI=1S/C23H30ClN3O4S/c1-23(2,3)31-22(28)26-18-9-11-27(12-10-18)19-7-8-21(25)16(13-19)15-32(29,30)20-6-4-5-17(24)14-20/h4-8,13-14,18H,9-12,15,25H2,1-3H3,(H,26,28). The van der Waals surface area contributed by atoms with Crippen molar-refractivity contribution in [2.45, 2.75) is 55.9 Å². The van der Waals surface area contributed by atoms with Crippen LogP contribution in [0.25, 0.3) is 0 Å². The maximum absolute atomic E-state index is 12.9. The zero-order valence-corrected chi connectivity index (χ0v) is 20.2. The third-order valence-corrected chi connectivity index (χ3v) is 7.11. The number of nitrogens with one attached hydrogen (secondary N) is 1. The van der Waals surface area contributed by atoms with Crippen LogP contribution in [0.2, 0.25) is 5.02 Å². The molecule has 1 saturated heterocycles. The Bertz CT molecular complexity index is 1070. The Labute approximate surface area is 194 Å². The van der Waals surface area contributed by atoms with Crippen molar-refractivity contribution in [2.75, 3.05) is 23.7 Å². The number of nitrogen functional groups attached to an aromatic ring is 1. The molecule has 0 aromatic heterocycles. The maximum Gasteiger partial charge on any atom is 0.407 e. The van der Waals surface area contributed by atoms with Gasteiger partial charge in [-0.05, 0) is 75.6 Å². The van der Waals surface area contributed by atoms with Crippen LogP contribution in [0.1, 0.15) is 39.2 Å². The van der Waals surface area contributed by atoms with Gasteiger partial charge in [-0.3, -0.25) is 0 Å². The number of carbonyl (C=O) groups excluding carboxylic acids is 1. The van der Waals surface area contributed by atoms with Gasteiger partial charge in [-0.1, -0.05) is 17.7 Å². The van der Waals surface area contributed by atoms with Gasteiger partial charge < -0.3 is 20.7 Å². The number of hydrogen-bond donors (Lipinski definition) is 2. The molecule has 2 aromatic carbocycles. The summed E-state index contributed by atoms with van der Waals surface area (Å²) in [5.74, 6) is -0.205. The second-order valence-electron chi connectivity index (χ2n) is 9.01. The Hall–Kier alpha value is -2.45. The zero-order valence-electron chi connectivity index (χ0n) is 18.6. The van der Waals surface area contributed by atoms with Crippen molar-refractivity contribution in [1.29, 1.82) is 0 Å². The molecule has 1 amide bonds. The summed E-state index contributed by atoms with van der Waals surface area (Å²) in [4.78, 5) is 14.3. The number of piperidine rings is 1. The summed E-state index contributed by atoms with van der Waals surface area (Å²) in [6.45, 7) is 6.96. The van der Waals surface area contributed by atoms with Gasteiger partial charge in [-0.15, -0.1) is 0 Å². The minimum Gasteiger partial charge on any atom is -0.444 e. The highest BCUT2D eigenvalue weighted by atomic mass is 35.5. The van der Waals surface area contributed by atoms with Crippen LogP contribution in [0.3, 0.4) is 0 Å². The lowest BCUT2D eigenvalue weighted by Gasteiger charge is -2.34. The molecule has 0 atom stereocenters. The van der Waals surface area contributed by atoms with E-state index in [-0.39, 0.29) is 16.7 Å². The number of ether oxygens (including phenoxy) is 1. The van der Waals surface area contributed by atoms with Gasteiger partial charge >= 0.3 is 6.09 Å². The van der Waals surface area contributed by atoms with E-state index in [1.165, 1.54) is 12.1 Å². The predicted octanol–water partition coefficient (Wildman–Crippen LogP) is 4.39. The number of alkyl carbamates (subject to hydrolysis) is 1. The van der Waals surface area contributed by atoms with E-state index in [4.69, 9.17) is 22.1 Å². The van der Waals surface area contributed by atoms with Crippen LogP contribution in [0, 0.1) is 0 Å². The van der Waals surface area contributed by atoms with Crippen LogP contribution in [-0.2, 0) is 20.3 Å². The normalized spacial score (nSPS) is 15.4.